The molecular weight excluding hydrogens is 280 g/mol. The molecule has 3 nitrogen and oxygen atoms in total. The van der Waals surface area contributed by atoms with Gasteiger partial charge in [-0.1, -0.05) is 40.0 Å². The van der Waals surface area contributed by atoms with Crippen LogP contribution >= 0.6 is 11.3 Å². The van der Waals surface area contributed by atoms with Gasteiger partial charge in [-0.15, -0.1) is 11.3 Å². The zero-order valence-electron chi connectivity index (χ0n) is 13.9. The van der Waals surface area contributed by atoms with E-state index in [4.69, 9.17) is 15.5 Å². The quantitative estimate of drug-likeness (QED) is 0.892. The molecule has 1 fully saturated rings. The maximum atomic E-state index is 6.56. The molecule has 1 aliphatic carbocycles. The van der Waals surface area contributed by atoms with Crippen molar-refractivity contribution in [3.63, 3.8) is 0 Å². The van der Waals surface area contributed by atoms with Crippen LogP contribution in [0.1, 0.15) is 70.5 Å². The van der Waals surface area contributed by atoms with Crippen LogP contribution < -0.4 is 5.73 Å². The van der Waals surface area contributed by atoms with Crippen LogP contribution in [0.4, 0.5) is 0 Å². The van der Waals surface area contributed by atoms with Crippen molar-refractivity contribution in [3.05, 3.63) is 16.1 Å². The Kier molecular flexibility index (Phi) is 5.44. The second-order valence-electron chi connectivity index (χ2n) is 7.25. The van der Waals surface area contributed by atoms with Crippen LogP contribution in [0.15, 0.2) is 5.38 Å². The molecule has 4 heteroatoms. The highest BCUT2D eigenvalue weighted by atomic mass is 32.1. The largest absolute Gasteiger partial charge is 0.374 e. The molecular formula is C17H30N2OS. The summed E-state index contributed by atoms with van der Waals surface area (Å²) in [6.07, 6.45) is 6.81. The molecule has 1 atom stereocenters. The van der Waals surface area contributed by atoms with Crippen molar-refractivity contribution in [2.24, 2.45) is 5.73 Å². The van der Waals surface area contributed by atoms with Gasteiger partial charge in [0.2, 0.25) is 0 Å². The van der Waals surface area contributed by atoms with Crippen molar-refractivity contribution in [2.45, 2.75) is 83.3 Å². The first-order valence-electron chi connectivity index (χ1n) is 8.22. The summed E-state index contributed by atoms with van der Waals surface area (Å²) in [4.78, 5) is 4.79. The number of rotatable bonds is 5. The van der Waals surface area contributed by atoms with E-state index in [-0.39, 0.29) is 17.1 Å². The molecule has 120 valence electrons. The highest BCUT2D eigenvalue weighted by Crippen LogP contribution is 2.35. The zero-order chi connectivity index (χ0) is 15.5. The van der Waals surface area contributed by atoms with Gasteiger partial charge < -0.3 is 10.5 Å². The smallest absolute Gasteiger partial charge is 0.0945 e. The maximum absolute atomic E-state index is 6.56. The SMILES string of the molecule is CCOC1(C(N)Cc2nc(C(C)(C)C)cs2)CCCCC1. The first-order valence-corrected chi connectivity index (χ1v) is 9.10. The zero-order valence-corrected chi connectivity index (χ0v) is 14.8. The highest BCUT2D eigenvalue weighted by molar-refractivity contribution is 7.09. The molecule has 0 bridgehead atoms. The summed E-state index contributed by atoms with van der Waals surface area (Å²) in [6, 6.07) is 0.0525. The molecule has 0 aromatic carbocycles. The second kappa shape index (κ2) is 6.76. The number of ether oxygens (including phenoxy) is 1. The molecule has 1 aliphatic rings. The van der Waals surface area contributed by atoms with Gasteiger partial charge in [0.15, 0.2) is 0 Å². The number of nitrogens with two attached hydrogens (primary N) is 1. The van der Waals surface area contributed by atoms with E-state index in [9.17, 15) is 0 Å². The minimum atomic E-state index is -0.124. The van der Waals surface area contributed by atoms with Crippen molar-refractivity contribution in [1.29, 1.82) is 0 Å². The summed E-state index contributed by atoms with van der Waals surface area (Å²) in [5.41, 5.74) is 7.72. The number of nitrogens with zero attached hydrogens (tertiary/aromatic N) is 1. The van der Waals surface area contributed by atoms with Crippen LogP contribution in [0.3, 0.4) is 0 Å². The van der Waals surface area contributed by atoms with E-state index in [1.54, 1.807) is 11.3 Å². The monoisotopic (exact) mass is 310 g/mol. The van der Waals surface area contributed by atoms with Gasteiger partial charge in [0.1, 0.15) is 0 Å². The number of hydrogen-bond acceptors (Lipinski definition) is 4. The van der Waals surface area contributed by atoms with Gasteiger partial charge in [0.05, 0.1) is 16.3 Å². The Bertz CT molecular complexity index is 438. The van der Waals surface area contributed by atoms with Gasteiger partial charge in [-0.2, -0.15) is 0 Å². The fraction of sp³-hybridized carbons (Fsp3) is 0.824. The molecule has 1 unspecified atom stereocenters. The summed E-state index contributed by atoms with van der Waals surface area (Å²) in [6.45, 7) is 9.43. The molecule has 2 N–H and O–H groups in total. The summed E-state index contributed by atoms with van der Waals surface area (Å²) in [5, 5.41) is 3.33. The van der Waals surface area contributed by atoms with Gasteiger partial charge in [-0.3, -0.25) is 0 Å². The minimum absolute atomic E-state index is 0.0525. The molecule has 0 saturated heterocycles. The summed E-state index contributed by atoms with van der Waals surface area (Å²) >= 11 is 1.74. The first-order chi connectivity index (χ1) is 9.87. The molecule has 21 heavy (non-hydrogen) atoms. The third-order valence-corrected chi connectivity index (χ3v) is 5.39. The topological polar surface area (TPSA) is 48.1 Å². The highest BCUT2D eigenvalue weighted by Gasteiger charge is 2.39. The molecule has 1 aromatic rings. The van der Waals surface area contributed by atoms with Crippen LogP contribution in [0.25, 0.3) is 0 Å². The molecule has 0 amide bonds. The van der Waals surface area contributed by atoms with Crippen LogP contribution in [-0.2, 0) is 16.6 Å². The van der Waals surface area contributed by atoms with E-state index in [2.05, 4.69) is 33.1 Å². The normalized spacial score (nSPS) is 20.4. The van der Waals surface area contributed by atoms with Crippen molar-refractivity contribution in [3.8, 4) is 0 Å². The number of thiazole rings is 1. The third kappa shape index (κ3) is 4.05. The summed E-state index contributed by atoms with van der Waals surface area (Å²) in [7, 11) is 0. The number of aromatic nitrogens is 1. The van der Waals surface area contributed by atoms with Crippen LogP contribution in [0.5, 0.6) is 0 Å². The van der Waals surface area contributed by atoms with E-state index in [1.165, 1.54) is 25.0 Å². The Morgan fingerprint density at radius 2 is 2.00 bits per heavy atom. The minimum Gasteiger partial charge on any atom is -0.374 e. The Morgan fingerprint density at radius 1 is 1.33 bits per heavy atom. The molecule has 1 heterocycles. The third-order valence-electron chi connectivity index (χ3n) is 4.52. The van der Waals surface area contributed by atoms with Crippen molar-refractivity contribution in [1.82, 2.24) is 4.98 Å². The molecule has 1 aromatic heterocycles. The second-order valence-corrected chi connectivity index (χ2v) is 8.19. The van der Waals surface area contributed by atoms with E-state index in [0.717, 1.165) is 30.9 Å². The molecule has 0 aliphatic heterocycles. The Balaban J connectivity index is 2.08. The number of hydrogen-bond donors (Lipinski definition) is 1. The van der Waals surface area contributed by atoms with Gasteiger partial charge in [0.25, 0.3) is 0 Å². The fourth-order valence-corrected chi connectivity index (χ4v) is 4.26. The fourth-order valence-electron chi connectivity index (χ4n) is 3.18. The Labute approximate surface area is 133 Å². The van der Waals surface area contributed by atoms with Crippen LogP contribution in [0.2, 0.25) is 0 Å². The van der Waals surface area contributed by atoms with Crippen LogP contribution in [-0.4, -0.2) is 23.2 Å². The van der Waals surface area contributed by atoms with Crippen LogP contribution in [0, 0.1) is 0 Å². The van der Waals surface area contributed by atoms with E-state index < -0.39 is 0 Å². The molecule has 0 spiro atoms. The summed E-state index contributed by atoms with van der Waals surface area (Å²) in [5.74, 6) is 0. The first kappa shape index (κ1) is 16.9. The Morgan fingerprint density at radius 3 is 2.52 bits per heavy atom. The average molecular weight is 311 g/mol. The predicted molar refractivity (Wildman–Crippen MR) is 89.9 cm³/mol. The van der Waals surface area contributed by atoms with Gasteiger partial charge in [-0.05, 0) is 19.8 Å². The van der Waals surface area contributed by atoms with Crippen molar-refractivity contribution < 1.29 is 4.74 Å². The lowest BCUT2D eigenvalue weighted by Gasteiger charge is -2.41. The lowest BCUT2D eigenvalue weighted by molar-refractivity contribution is -0.0817. The standard InChI is InChI=1S/C17H30N2OS/c1-5-20-17(9-7-6-8-10-17)13(18)11-15-19-14(12-21-15)16(2,3)4/h12-13H,5-11,18H2,1-4H3. The van der Waals surface area contributed by atoms with Crippen molar-refractivity contribution in [2.75, 3.05) is 6.61 Å². The average Bonchev–Trinajstić information content (AvgIpc) is 2.88. The van der Waals surface area contributed by atoms with E-state index in [0.29, 0.717) is 0 Å². The Hall–Kier alpha value is -0.450. The lowest BCUT2D eigenvalue weighted by atomic mass is 9.78. The van der Waals surface area contributed by atoms with Crippen molar-refractivity contribution >= 4 is 11.3 Å². The van der Waals surface area contributed by atoms with Gasteiger partial charge in [0, 0.05) is 29.9 Å². The predicted octanol–water partition coefficient (Wildman–Crippen LogP) is 4.05. The maximum Gasteiger partial charge on any atom is 0.0945 e. The molecule has 1 saturated carbocycles. The van der Waals surface area contributed by atoms with E-state index >= 15 is 0 Å². The summed E-state index contributed by atoms with van der Waals surface area (Å²) < 4.78 is 6.13. The molecule has 0 radical (unpaired) electrons. The lowest BCUT2D eigenvalue weighted by Crippen LogP contribution is -2.52. The van der Waals surface area contributed by atoms with E-state index in [1.807, 2.05) is 0 Å². The van der Waals surface area contributed by atoms with Gasteiger partial charge >= 0.3 is 0 Å². The molecule has 2 rings (SSSR count). The van der Waals surface area contributed by atoms with Gasteiger partial charge in [-0.25, -0.2) is 4.98 Å².